The van der Waals surface area contributed by atoms with E-state index in [1.165, 1.54) is 0 Å². The summed E-state index contributed by atoms with van der Waals surface area (Å²) in [5, 5.41) is 23.3. The summed E-state index contributed by atoms with van der Waals surface area (Å²) in [5.74, 6) is 0.690. The number of aliphatic hydroxyl groups excluding tert-OH is 1. The van der Waals surface area contributed by atoms with E-state index in [9.17, 15) is 5.11 Å². The van der Waals surface area contributed by atoms with Crippen LogP contribution in [0.15, 0.2) is 91.0 Å². The average molecular weight is 489 g/mol. The van der Waals surface area contributed by atoms with Gasteiger partial charge in [0.2, 0.25) is 5.95 Å². The van der Waals surface area contributed by atoms with E-state index in [2.05, 4.69) is 36.5 Å². The number of hydrogen-bond donors (Lipinski definition) is 3. The molecule has 1 aliphatic heterocycles. The summed E-state index contributed by atoms with van der Waals surface area (Å²) >= 11 is 0. The topological polar surface area (TPSA) is 126 Å². The Labute approximate surface area is 213 Å². The minimum absolute atomic E-state index is 0.161. The highest BCUT2D eigenvalue weighted by Crippen LogP contribution is 2.42. The molecule has 0 spiro atoms. The number of nitrogens with zero attached hydrogens (tertiary/aromatic N) is 6. The van der Waals surface area contributed by atoms with Gasteiger partial charge in [0, 0.05) is 28.7 Å². The highest BCUT2D eigenvalue weighted by atomic mass is 16.3. The van der Waals surface area contributed by atoms with Crippen LogP contribution >= 0.6 is 0 Å². The monoisotopic (exact) mass is 488 g/mol. The van der Waals surface area contributed by atoms with E-state index in [0.717, 1.165) is 33.6 Å². The van der Waals surface area contributed by atoms with Crippen LogP contribution < -0.4 is 16.0 Å². The lowest BCUT2D eigenvalue weighted by molar-refractivity contribution is 0.177. The predicted octanol–water partition coefficient (Wildman–Crippen LogP) is 4.42. The zero-order valence-electron chi connectivity index (χ0n) is 20.0. The molecule has 9 heteroatoms. The minimum Gasteiger partial charge on any atom is -0.369 e. The number of nitrogens with one attached hydrogen (secondary N) is 1. The van der Waals surface area contributed by atoms with Crippen LogP contribution in [0, 0.1) is 0 Å². The number of rotatable bonds is 5. The summed E-state index contributed by atoms with van der Waals surface area (Å²) in [7, 11) is 0. The van der Waals surface area contributed by atoms with E-state index in [1.807, 2.05) is 78.6 Å². The third kappa shape index (κ3) is 4.11. The van der Waals surface area contributed by atoms with E-state index in [-0.39, 0.29) is 12.0 Å². The molecule has 2 atom stereocenters. The second-order valence-corrected chi connectivity index (χ2v) is 8.76. The number of benzene rings is 2. The minimum atomic E-state index is -0.948. The van der Waals surface area contributed by atoms with Crippen molar-refractivity contribution in [3.8, 4) is 11.1 Å². The molecule has 0 aliphatic carbocycles. The molecule has 0 saturated carbocycles. The molecule has 37 heavy (non-hydrogen) atoms. The molecule has 3 aromatic heterocycles. The van der Waals surface area contributed by atoms with Crippen LogP contribution in [0.4, 0.5) is 17.5 Å². The standard InChI is InChI=1S/C28H24N8O/c1-17(33-26-25-22(11-6-13-30-25)34-28(29)35-26)23-15-18-7-5-10-21(19-12-14-31-32-16-19)24(18)27(37)36(23)20-8-3-2-4-9-20/h2-17,27,37H,1H3,(H3,29,33,34,35)/t17-,27?/m0/s1. The van der Waals surface area contributed by atoms with E-state index in [1.54, 1.807) is 18.6 Å². The lowest BCUT2D eigenvalue weighted by atomic mass is 9.90. The molecule has 0 amide bonds. The molecule has 0 fully saturated rings. The summed E-state index contributed by atoms with van der Waals surface area (Å²) in [6.07, 6.45) is 6.19. The van der Waals surface area contributed by atoms with Crippen LogP contribution in [0.1, 0.15) is 24.3 Å². The molecule has 5 aromatic rings. The van der Waals surface area contributed by atoms with Gasteiger partial charge >= 0.3 is 0 Å². The van der Waals surface area contributed by atoms with Gasteiger partial charge in [-0.05, 0) is 54.5 Å². The average Bonchev–Trinajstić information content (AvgIpc) is 2.93. The van der Waals surface area contributed by atoms with Crippen LogP contribution in [0.2, 0.25) is 0 Å². The molecule has 4 heterocycles. The smallest absolute Gasteiger partial charge is 0.222 e. The van der Waals surface area contributed by atoms with Crippen molar-refractivity contribution in [1.29, 1.82) is 0 Å². The van der Waals surface area contributed by atoms with Crippen LogP contribution in [-0.4, -0.2) is 36.3 Å². The first-order valence-corrected chi connectivity index (χ1v) is 11.9. The van der Waals surface area contributed by atoms with Gasteiger partial charge in [-0.3, -0.25) is 4.98 Å². The molecule has 6 rings (SSSR count). The number of fused-ring (bicyclic) bond motifs is 2. The van der Waals surface area contributed by atoms with E-state index < -0.39 is 6.23 Å². The van der Waals surface area contributed by atoms with Crippen molar-refractivity contribution < 1.29 is 5.11 Å². The molecule has 9 nitrogen and oxygen atoms in total. The zero-order chi connectivity index (χ0) is 25.4. The van der Waals surface area contributed by atoms with Gasteiger partial charge in [-0.25, -0.2) is 4.98 Å². The van der Waals surface area contributed by atoms with Crippen molar-refractivity contribution in [2.75, 3.05) is 16.0 Å². The lowest BCUT2D eigenvalue weighted by Crippen LogP contribution is -2.38. The van der Waals surface area contributed by atoms with E-state index in [4.69, 9.17) is 5.73 Å². The molecule has 2 aromatic carbocycles. The first-order chi connectivity index (χ1) is 18.1. The number of aliphatic hydroxyl groups is 1. The van der Waals surface area contributed by atoms with Crippen LogP contribution in [0.25, 0.3) is 28.2 Å². The molecule has 1 aliphatic rings. The van der Waals surface area contributed by atoms with E-state index >= 15 is 0 Å². The third-order valence-electron chi connectivity index (χ3n) is 6.42. The summed E-state index contributed by atoms with van der Waals surface area (Å²) in [6.45, 7) is 2.02. The van der Waals surface area contributed by atoms with E-state index in [0.29, 0.717) is 16.9 Å². The Kier molecular flexibility index (Phi) is 5.66. The largest absolute Gasteiger partial charge is 0.369 e. The molecule has 4 N–H and O–H groups in total. The van der Waals surface area contributed by atoms with Gasteiger partial charge < -0.3 is 21.1 Å². The molecule has 0 saturated heterocycles. The first-order valence-electron chi connectivity index (χ1n) is 11.9. The molecule has 0 radical (unpaired) electrons. The Hall–Kier alpha value is -4.89. The second-order valence-electron chi connectivity index (χ2n) is 8.76. The first kappa shape index (κ1) is 22.6. The van der Waals surface area contributed by atoms with Crippen molar-refractivity contribution in [3.05, 3.63) is 102 Å². The quantitative estimate of drug-likeness (QED) is 0.330. The third-order valence-corrected chi connectivity index (χ3v) is 6.42. The van der Waals surface area contributed by atoms with Crippen LogP contribution in [0.5, 0.6) is 0 Å². The van der Waals surface area contributed by atoms with Gasteiger partial charge in [0.25, 0.3) is 0 Å². The molecular weight excluding hydrogens is 464 g/mol. The van der Waals surface area contributed by atoms with Gasteiger partial charge in [0.15, 0.2) is 12.0 Å². The van der Waals surface area contributed by atoms with Crippen molar-refractivity contribution >= 4 is 34.6 Å². The number of aromatic nitrogens is 5. The summed E-state index contributed by atoms with van der Waals surface area (Å²) in [4.78, 5) is 15.1. The SMILES string of the molecule is C[C@H](Nc1nc(N)nc2cccnc12)C1=Cc2cccc(-c3ccnnc3)c2C(O)N1c1ccccc1. The van der Waals surface area contributed by atoms with Crippen molar-refractivity contribution in [2.24, 2.45) is 0 Å². The fourth-order valence-electron chi connectivity index (χ4n) is 4.78. The Bertz CT molecular complexity index is 1610. The Balaban J connectivity index is 1.48. The number of anilines is 3. The maximum absolute atomic E-state index is 11.9. The maximum atomic E-state index is 11.9. The molecule has 0 bridgehead atoms. The Morgan fingerprint density at radius 3 is 2.62 bits per heavy atom. The summed E-state index contributed by atoms with van der Waals surface area (Å²) in [6, 6.07) is 21.1. The Morgan fingerprint density at radius 1 is 0.946 bits per heavy atom. The predicted molar refractivity (Wildman–Crippen MR) is 144 cm³/mol. The van der Waals surface area contributed by atoms with Crippen LogP contribution in [0.3, 0.4) is 0 Å². The number of nitrogens with two attached hydrogens (primary N) is 1. The van der Waals surface area contributed by atoms with Crippen molar-refractivity contribution in [2.45, 2.75) is 19.2 Å². The van der Waals surface area contributed by atoms with Gasteiger partial charge in [-0.2, -0.15) is 15.2 Å². The Morgan fingerprint density at radius 2 is 1.81 bits per heavy atom. The number of hydrogen-bond acceptors (Lipinski definition) is 9. The summed E-state index contributed by atoms with van der Waals surface area (Å²) in [5.41, 5.74) is 12.5. The number of para-hydroxylation sites is 1. The fraction of sp³-hybridized carbons (Fsp3) is 0.107. The maximum Gasteiger partial charge on any atom is 0.222 e. The number of pyridine rings is 1. The zero-order valence-corrected chi connectivity index (χ0v) is 20.0. The molecular formula is C28H24N8O. The van der Waals surface area contributed by atoms with Gasteiger partial charge in [-0.15, -0.1) is 0 Å². The lowest BCUT2D eigenvalue weighted by Gasteiger charge is -2.40. The second kappa shape index (κ2) is 9.29. The highest BCUT2D eigenvalue weighted by Gasteiger charge is 2.33. The van der Waals surface area contributed by atoms with Crippen molar-refractivity contribution in [1.82, 2.24) is 25.1 Å². The number of nitrogen functional groups attached to an aromatic ring is 1. The van der Waals surface area contributed by atoms with Crippen molar-refractivity contribution in [3.63, 3.8) is 0 Å². The highest BCUT2D eigenvalue weighted by molar-refractivity contribution is 5.86. The van der Waals surface area contributed by atoms with Gasteiger partial charge in [0.1, 0.15) is 5.52 Å². The van der Waals surface area contributed by atoms with Gasteiger partial charge in [0.05, 0.1) is 24.0 Å². The van der Waals surface area contributed by atoms with Gasteiger partial charge in [-0.1, -0.05) is 36.4 Å². The van der Waals surface area contributed by atoms with Crippen LogP contribution in [-0.2, 0) is 0 Å². The molecule has 182 valence electrons. The fourth-order valence-corrected chi connectivity index (χ4v) is 4.78. The normalized spacial score (nSPS) is 15.7. The molecule has 1 unspecified atom stereocenters. The summed E-state index contributed by atoms with van der Waals surface area (Å²) < 4.78 is 0.